The highest BCUT2D eigenvalue weighted by Gasteiger charge is 2.26. The van der Waals surface area contributed by atoms with E-state index >= 15 is 0 Å². The summed E-state index contributed by atoms with van der Waals surface area (Å²) < 4.78 is 33.6. The zero-order valence-electron chi connectivity index (χ0n) is 16.1. The highest BCUT2D eigenvalue weighted by Crippen LogP contribution is 2.29. The van der Waals surface area contributed by atoms with Crippen LogP contribution in [0.15, 0.2) is 68.7 Å². The highest BCUT2D eigenvalue weighted by molar-refractivity contribution is 9.11. The van der Waals surface area contributed by atoms with Crippen LogP contribution in [-0.4, -0.2) is 33.4 Å². The van der Waals surface area contributed by atoms with E-state index in [1.54, 1.807) is 23.1 Å². The van der Waals surface area contributed by atoms with Crippen LogP contribution in [0.3, 0.4) is 0 Å². The monoisotopic (exact) mass is 520 g/mol. The summed E-state index contributed by atoms with van der Waals surface area (Å²) in [7, 11) is -3.87. The number of halogens is 1. The fourth-order valence-corrected chi connectivity index (χ4v) is 6.36. The molecule has 0 atom stereocenters. The molecular weight excluding hydrogens is 504 g/mol. The number of carbonyl (C=O) groups is 2. The molecule has 10 heteroatoms. The Morgan fingerprint density at radius 2 is 1.81 bits per heavy atom. The van der Waals surface area contributed by atoms with Crippen LogP contribution in [0.1, 0.15) is 15.9 Å². The van der Waals surface area contributed by atoms with Gasteiger partial charge in [0.1, 0.15) is 4.21 Å². The first-order chi connectivity index (χ1) is 14.8. The number of amides is 1. The number of sulfonamides is 1. The predicted molar refractivity (Wildman–Crippen MR) is 122 cm³/mol. The van der Waals surface area contributed by atoms with Crippen LogP contribution in [0.25, 0.3) is 0 Å². The number of benzene rings is 2. The number of rotatable bonds is 6. The molecule has 0 bridgehead atoms. The van der Waals surface area contributed by atoms with E-state index in [2.05, 4.69) is 20.7 Å². The Kier molecular flexibility index (Phi) is 6.12. The SMILES string of the molecule is O=C(OCC(=O)N1CCc2ccccc21)c1ccccc1NS(=O)(=O)c1ccc(Br)s1. The molecule has 2 aromatic carbocycles. The van der Waals surface area contributed by atoms with Gasteiger partial charge in [0.25, 0.3) is 15.9 Å². The Balaban J connectivity index is 1.46. The molecule has 1 aromatic heterocycles. The molecule has 160 valence electrons. The number of nitrogens with one attached hydrogen (secondary N) is 1. The third kappa shape index (κ3) is 4.65. The minimum absolute atomic E-state index is 0.0244. The molecule has 0 radical (unpaired) electrons. The quantitative estimate of drug-likeness (QED) is 0.494. The van der Waals surface area contributed by atoms with Crippen molar-refractivity contribution >= 4 is 60.5 Å². The molecule has 7 nitrogen and oxygen atoms in total. The number of ether oxygens (including phenoxy) is 1. The summed E-state index contributed by atoms with van der Waals surface area (Å²) in [5.74, 6) is -1.12. The molecule has 1 aliphatic rings. The zero-order chi connectivity index (χ0) is 22.0. The van der Waals surface area contributed by atoms with Gasteiger partial charge in [-0.3, -0.25) is 9.52 Å². The number of nitrogens with zero attached hydrogens (tertiary/aromatic N) is 1. The maximum absolute atomic E-state index is 12.6. The number of esters is 1. The molecular formula is C21H17BrN2O5S2. The topological polar surface area (TPSA) is 92.8 Å². The maximum atomic E-state index is 12.6. The predicted octanol–water partition coefficient (Wildman–Crippen LogP) is 4.06. The largest absolute Gasteiger partial charge is 0.452 e. The lowest BCUT2D eigenvalue weighted by molar-refractivity contribution is -0.121. The first kappa shape index (κ1) is 21.5. The van der Waals surface area contributed by atoms with Crippen LogP contribution in [-0.2, 0) is 26.0 Å². The summed E-state index contributed by atoms with van der Waals surface area (Å²) in [5.41, 5.74) is 1.99. The van der Waals surface area contributed by atoms with Gasteiger partial charge in [0.05, 0.1) is 15.0 Å². The molecule has 0 spiro atoms. The molecule has 3 aromatic rings. The van der Waals surface area contributed by atoms with Crippen LogP contribution in [0.2, 0.25) is 0 Å². The fraction of sp³-hybridized carbons (Fsp3) is 0.143. The van der Waals surface area contributed by atoms with Crippen molar-refractivity contribution in [3.63, 3.8) is 0 Å². The van der Waals surface area contributed by atoms with Crippen LogP contribution in [0.5, 0.6) is 0 Å². The van der Waals surface area contributed by atoms with Crippen molar-refractivity contribution in [2.45, 2.75) is 10.6 Å². The van der Waals surface area contributed by atoms with Crippen molar-refractivity contribution in [3.8, 4) is 0 Å². The standard InChI is InChI=1S/C21H17BrN2O5S2/c22-18-9-10-20(30-18)31(27,28)23-16-7-3-2-6-15(16)21(26)29-13-19(25)24-12-11-14-5-1-4-8-17(14)24/h1-10,23H,11-13H2. The number of anilines is 2. The lowest BCUT2D eigenvalue weighted by Crippen LogP contribution is -2.33. The lowest BCUT2D eigenvalue weighted by atomic mass is 10.2. The lowest BCUT2D eigenvalue weighted by Gasteiger charge is -2.17. The van der Waals surface area contributed by atoms with Gasteiger partial charge in [-0.1, -0.05) is 30.3 Å². The fourth-order valence-electron chi connectivity index (χ4n) is 3.27. The number of fused-ring (bicyclic) bond motifs is 1. The first-order valence-corrected chi connectivity index (χ1v) is 12.4. The molecule has 4 rings (SSSR count). The van der Waals surface area contributed by atoms with E-state index in [1.807, 2.05) is 24.3 Å². The average molecular weight is 521 g/mol. The third-order valence-electron chi connectivity index (χ3n) is 4.72. The Labute approximate surface area is 191 Å². The van der Waals surface area contributed by atoms with E-state index in [9.17, 15) is 18.0 Å². The van der Waals surface area contributed by atoms with Gasteiger partial charge in [-0.25, -0.2) is 13.2 Å². The molecule has 0 saturated heterocycles. The van der Waals surface area contributed by atoms with Crippen molar-refractivity contribution in [3.05, 3.63) is 75.6 Å². The minimum Gasteiger partial charge on any atom is -0.452 e. The van der Waals surface area contributed by atoms with Crippen molar-refractivity contribution in [1.82, 2.24) is 0 Å². The summed E-state index contributed by atoms with van der Waals surface area (Å²) in [6, 6.07) is 16.8. The number of para-hydroxylation sites is 2. The molecule has 1 N–H and O–H groups in total. The Morgan fingerprint density at radius 1 is 1.06 bits per heavy atom. The Morgan fingerprint density at radius 3 is 2.58 bits per heavy atom. The summed E-state index contributed by atoms with van der Waals surface area (Å²) in [6.45, 7) is 0.0919. The van der Waals surface area contributed by atoms with Crippen LogP contribution < -0.4 is 9.62 Å². The maximum Gasteiger partial charge on any atom is 0.340 e. The third-order valence-corrected chi connectivity index (χ3v) is 8.20. The van der Waals surface area contributed by atoms with E-state index in [0.29, 0.717) is 10.3 Å². The molecule has 0 saturated carbocycles. The van der Waals surface area contributed by atoms with Gasteiger partial charge in [0.15, 0.2) is 6.61 Å². The Bertz CT molecular complexity index is 1260. The average Bonchev–Trinajstić information content (AvgIpc) is 3.39. The number of hydrogen-bond acceptors (Lipinski definition) is 6. The van der Waals surface area contributed by atoms with Crippen molar-refractivity contribution in [1.29, 1.82) is 0 Å². The summed E-state index contributed by atoms with van der Waals surface area (Å²) in [6.07, 6.45) is 0.749. The van der Waals surface area contributed by atoms with Gasteiger partial charge in [0, 0.05) is 12.2 Å². The summed E-state index contributed by atoms with van der Waals surface area (Å²) >= 11 is 4.29. The van der Waals surface area contributed by atoms with E-state index in [1.165, 1.54) is 18.2 Å². The first-order valence-electron chi connectivity index (χ1n) is 9.28. The zero-order valence-corrected chi connectivity index (χ0v) is 19.3. The number of carbonyl (C=O) groups excluding carboxylic acids is 2. The molecule has 0 unspecified atom stereocenters. The van der Waals surface area contributed by atoms with Gasteiger partial charge in [0.2, 0.25) is 0 Å². The van der Waals surface area contributed by atoms with Crippen molar-refractivity contribution in [2.75, 3.05) is 22.8 Å². The highest BCUT2D eigenvalue weighted by atomic mass is 79.9. The number of hydrogen-bond donors (Lipinski definition) is 1. The van der Waals surface area contributed by atoms with Crippen molar-refractivity contribution in [2.24, 2.45) is 0 Å². The van der Waals surface area contributed by atoms with Crippen LogP contribution >= 0.6 is 27.3 Å². The normalized spacial score (nSPS) is 13.0. The molecule has 31 heavy (non-hydrogen) atoms. The summed E-state index contributed by atoms with van der Waals surface area (Å²) in [4.78, 5) is 26.8. The van der Waals surface area contributed by atoms with Gasteiger partial charge in [-0.2, -0.15) is 0 Å². The second-order valence-corrected chi connectivity index (χ2v) is 11.1. The Hall–Kier alpha value is -2.69. The molecule has 1 aliphatic heterocycles. The molecule has 2 heterocycles. The van der Waals surface area contributed by atoms with Crippen LogP contribution in [0.4, 0.5) is 11.4 Å². The van der Waals surface area contributed by atoms with E-state index < -0.39 is 22.6 Å². The van der Waals surface area contributed by atoms with Gasteiger partial charge >= 0.3 is 5.97 Å². The summed E-state index contributed by atoms with van der Waals surface area (Å²) in [5, 5.41) is 0. The minimum atomic E-state index is -3.87. The van der Waals surface area contributed by atoms with E-state index in [0.717, 1.165) is 29.0 Å². The second kappa shape index (κ2) is 8.81. The van der Waals surface area contributed by atoms with Gasteiger partial charge in [-0.05, 0) is 58.2 Å². The molecule has 0 aliphatic carbocycles. The van der Waals surface area contributed by atoms with Crippen LogP contribution in [0, 0.1) is 0 Å². The van der Waals surface area contributed by atoms with Gasteiger partial charge < -0.3 is 9.64 Å². The number of thiophene rings is 1. The smallest absolute Gasteiger partial charge is 0.340 e. The van der Waals surface area contributed by atoms with E-state index in [4.69, 9.17) is 4.74 Å². The molecule has 1 amide bonds. The van der Waals surface area contributed by atoms with Gasteiger partial charge in [-0.15, -0.1) is 11.3 Å². The van der Waals surface area contributed by atoms with Crippen molar-refractivity contribution < 1.29 is 22.7 Å². The molecule has 0 fully saturated rings. The van der Waals surface area contributed by atoms with E-state index in [-0.39, 0.29) is 21.4 Å². The second-order valence-electron chi connectivity index (χ2n) is 6.71.